The molecule has 0 spiro atoms. The van der Waals surface area contributed by atoms with Gasteiger partial charge in [0.15, 0.2) is 0 Å². The predicted molar refractivity (Wildman–Crippen MR) is 56.4 cm³/mol. The number of nitro groups is 1. The van der Waals surface area contributed by atoms with Gasteiger partial charge in [-0.3, -0.25) is 0 Å². The quantitative estimate of drug-likeness (QED) is 0.660. The van der Waals surface area contributed by atoms with E-state index in [1.807, 2.05) is 0 Å². The predicted octanol–water partition coefficient (Wildman–Crippen LogP) is 1.65. The van der Waals surface area contributed by atoms with Crippen LogP contribution in [0.4, 0.5) is 11.8 Å². The summed E-state index contributed by atoms with van der Waals surface area (Å²) in [7, 11) is 1.57. The van der Waals surface area contributed by atoms with E-state index in [4.69, 9.17) is 0 Å². The number of hydrogen-bond acceptors (Lipinski definition) is 4. The van der Waals surface area contributed by atoms with Crippen molar-refractivity contribution in [3.8, 4) is 0 Å². The first-order chi connectivity index (χ1) is 6.52. The van der Waals surface area contributed by atoms with Gasteiger partial charge in [-0.05, 0) is 4.92 Å². The molecule has 76 valence electrons. The largest absolute Gasteiger partial charge is 0.358 e. The molecule has 0 unspecified atom stereocenters. The van der Waals surface area contributed by atoms with Gasteiger partial charge in [0, 0.05) is 4.48 Å². The van der Waals surface area contributed by atoms with Crippen LogP contribution in [0.15, 0.2) is 17.3 Å². The van der Waals surface area contributed by atoms with E-state index in [1.54, 1.807) is 7.05 Å². The number of halogens is 1. The molecule has 1 N–H and O–H groups in total. The van der Waals surface area contributed by atoms with Gasteiger partial charge in [0.05, 0.1) is 13.6 Å². The number of rotatable bonds is 4. The first-order valence-electron chi connectivity index (χ1n) is 3.75. The highest BCUT2D eigenvalue weighted by atomic mass is 79.9. The minimum Gasteiger partial charge on any atom is -0.358 e. The lowest BCUT2D eigenvalue weighted by atomic mass is 10.6. The zero-order valence-electron chi connectivity index (χ0n) is 7.53. The minimum atomic E-state index is -0.485. The fourth-order valence-corrected chi connectivity index (χ4v) is 1.05. The van der Waals surface area contributed by atoms with Gasteiger partial charge < -0.3 is 15.4 Å². The standard InChI is InChI=1S/C7H9BrN4O2/c1-5(8)3-9-7-10-4-6(11(7)2)12(13)14/h4H,1,3H2,2H3,(H,9,10). The van der Waals surface area contributed by atoms with Gasteiger partial charge >= 0.3 is 5.82 Å². The Morgan fingerprint density at radius 2 is 2.57 bits per heavy atom. The molecule has 1 heterocycles. The fourth-order valence-electron chi connectivity index (χ4n) is 0.909. The number of anilines is 1. The molecule has 1 rings (SSSR count). The maximum Gasteiger partial charge on any atom is 0.344 e. The second-order valence-corrected chi connectivity index (χ2v) is 3.75. The maximum atomic E-state index is 10.5. The Balaban J connectivity index is 2.79. The zero-order valence-corrected chi connectivity index (χ0v) is 9.11. The molecule has 0 fully saturated rings. The number of hydrogen-bond donors (Lipinski definition) is 1. The average molecular weight is 261 g/mol. The first kappa shape index (κ1) is 10.7. The van der Waals surface area contributed by atoms with Gasteiger partial charge in [0.2, 0.25) is 0 Å². The summed E-state index contributed by atoms with van der Waals surface area (Å²) in [5.74, 6) is 0.394. The van der Waals surface area contributed by atoms with Gasteiger partial charge in [-0.1, -0.05) is 22.5 Å². The highest BCUT2D eigenvalue weighted by Gasteiger charge is 2.15. The smallest absolute Gasteiger partial charge is 0.344 e. The number of nitrogens with one attached hydrogen (secondary N) is 1. The van der Waals surface area contributed by atoms with Crippen LogP contribution < -0.4 is 5.32 Å². The van der Waals surface area contributed by atoms with Crippen molar-refractivity contribution in [3.05, 3.63) is 27.4 Å². The molecule has 1 aromatic heterocycles. The highest BCUT2D eigenvalue weighted by molar-refractivity contribution is 9.11. The van der Waals surface area contributed by atoms with Crippen LogP contribution in [0.1, 0.15) is 0 Å². The van der Waals surface area contributed by atoms with Crippen LogP contribution in [-0.4, -0.2) is 21.0 Å². The SMILES string of the molecule is C=C(Br)CNc1ncc([N+](=O)[O-])n1C. The normalized spacial score (nSPS) is 9.86. The van der Waals surface area contributed by atoms with Gasteiger partial charge in [0.1, 0.15) is 6.20 Å². The molecule has 0 aliphatic rings. The Morgan fingerprint density at radius 3 is 3.00 bits per heavy atom. The molecule has 0 saturated carbocycles. The van der Waals surface area contributed by atoms with Crippen LogP contribution in [0.5, 0.6) is 0 Å². The van der Waals surface area contributed by atoms with E-state index < -0.39 is 4.92 Å². The van der Waals surface area contributed by atoms with E-state index in [9.17, 15) is 10.1 Å². The Kier molecular flexibility index (Phi) is 3.23. The monoisotopic (exact) mass is 260 g/mol. The molecule has 7 heteroatoms. The van der Waals surface area contributed by atoms with Crippen LogP contribution >= 0.6 is 15.9 Å². The lowest BCUT2D eigenvalue weighted by molar-refractivity contribution is -0.391. The molecular formula is C7H9BrN4O2. The summed E-state index contributed by atoms with van der Waals surface area (Å²) in [6.45, 7) is 4.10. The van der Waals surface area contributed by atoms with E-state index >= 15 is 0 Å². The molecule has 6 nitrogen and oxygen atoms in total. The lowest BCUT2D eigenvalue weighted by Crippen LogP contribution is -2.07. The van der Waals surface area contributed by atoms with Crippen LogP contribution in [0, 0.1) is 10.1 Å². The Morgan fingerprint density at radius 1 is 1.93 bits per heavy atom. The molecule has 0 aromatic carbocycles. The van der Waals surface area contributed by atoms with Crippen molar-refractivity contribution in [2.45, 2.75) is 0 Å². The van der Waals surface area contributed by atoms with Crippen molar-refractivity contribution < 1.29 is 4.92 Å². The summed E-state index contributed by atoms with van der Waals surface area (Å²) >= 11 is 3.16. The average Bonchev–Trinajstić information content (AvgIpc) is 2.43. The van der Waals surface area contributed by atoms with E-state index in [2.05, 4.69) is 32.8 Å². The fraction of sp³-hybridized carbons (Fsp3) is 0.286. The highest BCUT2D eigenvalue weighted by Crippen LogP contribution is 2.15. The number of nitrogens with zero attached hydrogens (tertiary/aromatic N) is 3. The summed E-state index contributed by atoms with van der Waals surface area (Å²) in [5, 5.41) is 13.4. The maximum absolute atomic E-state index is 10.5. The molecule has 1 aromatic rings. The molecule has 14 heavy (non-hydrogen) atoms. The topological polar surface area (TPSA) is 73.0 Å². The van der Waals surface area contributed by atoms with E-state index in [0.717, 1.165) is 4.48 Å². The minimum absolute atomic E-state index is 0.0484. The van der Waals surface area contributed by atoms with Crippen molar-refractivity contribution in [2.75, 3.05) is 11.9 Å². The third-order valence-corrected chi connectivity index (χ3v) is 1.87. The molecule has 0 aliphatic carbocycles. The van der Waals surface area contributed by atoms with E-state index in [-0.39, 0.29) is 5.82 Å². The van der Waals surface area contributed by atoms with Gasteiger partial charge in [-0.25, -0.2) is 0 Å². The molecule has 0 aliphatic heterocycles. The van der Waals surface area contributed by atoms with Crippen molar-refractivity contribution in [1.29, 1.82) is 0 Å². The molecule has 0 saturated heterocycles. The summed E-state index contributed by atoms with van der Waals surface area (Å²) in [6, 6.07) is 0. The second-order valence-electron chi connectivity index (χ2n) is 2.63. The molecule has 0 radical (unpaired) electrons. The molecule has 0 bridgehead atoms. The van der Waals surface area contributed by atoms with Crippen LogP contribution in [0.3, 0.4) is 0 Å². The van der Waals surface area contributed by atoms with Crippen molar-refractivity contribution in [3.63, 3.8) is 0 Å². The third-order valence-electron chi connectivity index (χ3n) is 1.59. The molecule has 0 amide bonds. The van der Waals surface area contributed by atoms with Crippen molar-refractivity contribution in [1.82, 2.24) is 9.55 Å². The molecular weight excluding hydrogens is 252 g/mol. The third kappa shape index (κ3) is 2.32. The summed E-state index contributed by atoms with van der Waals surface area (Å²) in [6.07, 6.45) is 1.21. The van der Waals surface area contributed by atoms with Crippen LogP contribution in [0.25, 0.3) is 0 Å². The van der Waals surface area contributed by atoms with Crippen molar-refractivity contribution in [2.24, 2.45) is 7.05 Å². The Labute approximate surface area is 88.9 Å². The van der Waals surface area contributed by atoms with E-state index in [0.29, 0.717) is 12.5 Å². The zero-order chi connectivity index (χ0) is 10.7. The Bertz CT molecular complexity index is 374. The van der Waals surface area contributed by atoms with Crippen LogP contribution in [-0.2, 0) is 7.05 Å². The van der Waals surface area contributed by atoms with Gasteiger partial charge in [-0.15, -0.1) is 0 Å². The summed E-state index contributed by atoms with van der Waals surface area (Å²) < 4.78 is 2.12. The van der Waals surface area contributed by atoms with Gasteiger partial charge in [0.25, 0.3) is 5.95 Å². The number of aromatic nitrogens is 2. The van der Waals surface area contributed by atoms with E-state index in [1.165, 1.54) is 10.8 Å². The molecule has 0 atom stereocenters. The summed E-state index contributed by atoms with van der Waals surface area (Å²) in [4.78, 5) is 13.8. The second kappa shape index (κ2) is 4.23. The van der Waals surface area contributed by atoms with Gasteiger partial charge in [-0.2, -0.15) is 9.55 Å². The lowest BCUT2D eigenvalue weighted by Gasteiger charge is -2.00. The van der Waals surface area contributed by atoms with Crippen molar-refractivity contribution >= 4 is 27.7 Å². The number of imidazole rings is 1. The Hall–Kier alpha value is -1.37. The van der Waals surface area contributed by atoms with Crippen LogP contribution in [0.2, 0.25) is 0 Å². The summed E-state index contributed by atoms with van der Waals surface area (Å²) in [5.41, 5.74) is 0. The first-order valence-corrected chi connectivity index (χ1v) is 4.55.